The van der Waals surface area contributed by atoms with Crippen molar-refractivity contribution in [1.82, 2.24) is 9.97 Å². The maximum Gasteiger partial charge on any atom is 0.422 e. The Morgan fingerprint density at radius 3 is 2.28 bits per heavy atom. The smallest absolute Gasteiger partial charge is 0.422 e. The van der Waals surface area contributed by atoms with Crippen molar-refractivity contribution < 1.29 is 17.9 Å². The minimum atomic E-state index is -4.46. The number of hydrogen-bond acceptors (Lipinski definition) is 5. The highest BCUT2D eigenvalue weighted by atomic mass is 79.9. The van der Waals surface area contributed by atoms with E-state index >= 15 is 0 Å². The van der Waals surface area contributed by atoms with Crippen molar-refractivity contribution in [3.63, 3.8) is 0 Å². The van der Waals surface area contributed by atoms with Crippen molar-refractivity contribution in [2.75, 3.05) is 17.7 Å². The molecule has 0 aliphatic carbocycles. The third-order valence-corrected chi connectivity index (χ3v) is 4.49. The van der Waals surface area contributed by atoms with E-state index in [4.69, 9.17) is 10.5 Å². The fourth-order valence-electron chi connectivity index (χ4n) is 2.34. The van der Waals surface area contributed by atoms with Crippen molar-refractivity contribution in [2.45, 2.75) is 13.6 Å². The largest absolute Gasteiger partial charge is 0.483 e. The van der Waals surface area contributed by atoms with E-state index in [9.17, 15) is 13.2 Å². The average molecular weight is 534 g/mol. The van der Waals surface area contributed by atoms with Crippen LogP contribution in [-0.4, -0.2) is 22.8 Å². The molecule has 0 bridgehead atoms. The molecule has 3 rings (SSSR count). The summed E-state index contributed by atoms with van der Waals surface area (Å²) >= 11 is 6.67. The first kappa shape index (κ1) is 23.0. The third kappa shape index (κ3) is 6.60. The van der Waals surface area contributed by atoms with Gasteiger partial charge in [-0.2, -0.15) is 18.2 Å². The van der Waals surface area contributed by atoms with Crippen LogP contribution in [0, 0.1) is 0 Å². The molecule has 5 nitrogen and oxygen atoms in total. The summed E-state index contributed by atoms with van der Waals surface area (Å²) in [6, 6.07) is 13.6. The number of nitrogen functional groups attached to an aromatic ring is 1. The molecule has 0 radical (unpaired) electrons. The zero-order valence-electron chi connectivity index (χ0n) is 14.1. The maximum atomic E-state index is 12.6. The van der Waals surface area contributed by atoms with Gasteiger partial charge in [-0.05, 0) is 42.5 Å². The lowest BCUT2D eigenvalue weighted by Crippen LogP contribution is -2.19. The molecule has 10 heteroatoms. The summed E-state index contributed by atoms with van der Waals surface area (Å²) in [6.45, 7) is -1.41. The van der Waals surface area contributed by atoms with Gasteiger partial charge in [0.15, 0.2) is 6.61 Å². The zero-order chi connectivity index (χ0) is 20.3. The van der Waals surface area contributed by atoms with Crippen molar-refractivity contribution in [2.24, 2.45) is 0 Å². The van der Waals surface area contributed by atoms with Gasteiger partial charge in [0.25, 0.3) is 0 Å². The minimum Gasteiger partial charge on any atom is -0.483 e. The molecule has 1 heterocycles. The normalized spacial score (nSPS) is 10.9. The number of benzene rings is 2. The van der Waals surface area contributed by atoms with Crippen LogP contribution in [0.25, 0.3) is 11.3 Å². The van der Waals surface area contributed by atoms with E-state index in [1.165, 1.54) is 6.07 Å². The summed E-state index contributed by atoms with van der Waals surface area (Å²) < 4.78 is 44.2. The number of hydrogen-bond donors (Lipinski definition) is 2. The van der Waals surface area contributed by atoms with Crippen LogP contribution in [-0.2, 0) is 0 Å². The molecule has 3 aromatic rings. The molecular weight excluding hydrogens is 517 g/mol. The summed E-state index contributed by atoms with van der Waals surface area (Å²) in [5.74, 6) is 0.402. The van der Waals surface area contributed by atoms with Crippen LogP contribution < -0.4 is 15.8 Å². The molecule has 154 valence electrons. The number of nitrogens with zero attached hydrogens (tertiary/aromatic N) is 2. The van der Waals surface area contributed by atoms with Gasteiger partial charge in [-0.15, -0.1) is 0 Å². The van der Waals surface area contributed by atoms with Crippen LogP contribution in [0.2, 0.25) is 0 Å². The third-order valence-electron chi connectivity index (χ3n) is 3.47. The van der Waals surface area contributed by atoms with Gasteiger partial charge < -0.3 is 15.8 Å². The summed E-state index contributed by atoms with van der Waals surface area (Å²) in [5.41, 5.74) is 7.24. The maximum absolute atomic E-state index is 12.6. The summed E-state index contributed by atoms with van der Waals surface area (Å²) in [4.78, 5) is 8.27. The van der Waals surface area contributed by atoms with Crippen LogP contribution in [0.4, 0.5) is 30.6 Å². The van der Waals surface area contributed by atoms with Gasteiger partial charge in [-0.1, -0.05) is 39.3 Å². The molecule has 2 aromatic carbocycles. The zero-order valence-corrected chi connectivity index (χ0v) is 17.3. The molecule has 3 N–H and O–H groups in total. The quantitative estimate of drug-likeness (QED) is 0.388. The van der Waals surface area contributed by atoms with E-state index in [0.717, 1.165) is 10.2 Å². The molecule has 0 saturated carbocycles. The molecular formula is C19H17Br2F3N4O. The number of ether oxygens (including phenoxy) is 1. The van der Waals surface area contributed by atoms with Gasteiger partial charge in [-0.3, -0.25) is 0 Å². The Kier molecular flexibility index (Phi) is 7.48. The Morgan fingerprint density at radius 1 is 0.966 bits per heavy atom. The fraction of sp³-hybridized carbons (Fsp3) is 0.158. The van der Waals surface area contributed by atoms with Gasteiger partial charge in [0.1, 0.15) is 11.6 Å². The Labute approximate surface area is 182 Å². The van der Waals surface area contributed by atoms with Crippen molar-refractivity contribution >= 4 is 49.3 Å². The Bertz CT molecular complexity index is 982. The molecule has 0 aliphatic heterocycles. The number of nitrogens with one attached hydrogen (secondary N) is 1. The Hall–Kier alpha value is -2.33. The molecule has 0 aliphatic rings. The molecule has 0 spiro atoms. The number of nitrogens with two attached hydrogens (primary N) is 1. The van der Waals surface area contributed by atoms with Crippen LogP contribution in [0.1, 0.15) is 7.43 Å². The summed E-state index contributed by atoms with van der Waals surface area (Å²) in [5, 5.41) is 3.09. The van der Waals surface area contributed by atoms with Crippen LogP contribution in [0.15, 0.2) is 57.5 Å². The SMILES string of the molecule is C.Nc1nc(Nc2ccc(Br)cc2)cc(-c2cc(Br)ccc2OCC(F)(F)F)n1. The highest BCUT2D eigenvalue weighted by Gasteiger charge is 2.29. The summed E-state index contributed by atoms with van der Waals surface area (Å²) in [6.07, 6.45) is -4.46. The molecule has 0 unspecified atom stereocenters. The fourth-order valence-corrected chi connectivity index (χ4v) is 2.96. The first-order chi connectivity index (χ1) is 13.2. The molecule has 1 aromatic heterocycles. The van der Waals surface area contributed by atoms with Crippen LogP contribution >= 0.6 is 31.9 Å². The number of halogens is 5. The highest BCUT2D eigenvalue weighted by Crippen LogP contribution is 2.34. The average Bonchev–Trinajstić information content (AvgIpc) is 2.61. The standard InChI is InChI=1S/C18H13Br2F3N4O.CH4/c19-10-1-4-12(5-2-10)25-16-8-14(26-17(24)27-16)13-7-11(20)3-6-15(13)28-9-18(21,22)23;/h1-8H,9H2,(H3,24,25,26,27);1H4. The lowest BCUT2D eigenvalue weighted by molar-refractivity contribution is -0.153. The van der Waals surface area contributed by atoms with Crippen LogP contribution in [0.5, 0.6) is 5.75 Å². The van der Waals surface area contributed by atoms with Crippen LogP contribution in [0.3, 0.4) is 0 Å². The van der Waals surface area contributed by atoms with Gasteiger partial charge in [-0.25, -0.2) is 4.98 Å². The lowest BCUT2D eigenvalue weighted by Gasteiger charge is -2.14. The van der Waals surface area contributed by atoms with E-state index in [1.54, 1.807) is 18.2 Å². The van der Waals surface area contributed by atoms with Crippen molar-refractivity contribution in [3.05, 3.63) is 57.5 Å². The molecule has 29 heavy (non-hydrogen) atoms. The van der Waals surface area contributed by atoms with E-state index in [-0.39, 0.29) is 19.1 Å². The Balaban J connectivity index is 0.00000300. The second kappa shape index (κ2) is 9.45. The topological polar surface area (TPSA) is 73.1 Å². The molecule has 0 saturated heterocycles. The van der Waals surface area contributed by atoms with E-state index in [2.05, 4.69) is 47.1 Å². The predicted molar refractivity (Wildman–Crippen MR) is 115 cm³/mol. The first-order valence-electron chi connectivity index (χ1n) is 7.86. The molecule has 0 fully saturated rings. The monoisotopic (exact) mass is 532 g/mol. The number of aromatic nitrogens is 2. The molecule has 0 atom stereocenters. The second-order valence-corrected chi connectivity index (χ2v) is 7.50. The minimum absolute atomic E-state index is 0. The first-order valence-corrected chi connectivity index (χ1v) is 9.45. The van der Waals surface area contributed by atoms with Crippen molar-refractivity contribution in [1.29, 1.82) is 0 Å². The van der Waals surface area contributed by atoms with Gasteiger partial charge in [0.2, 0.25) is 5.95 Å². The predicted octanol–water partition coefficient (Wildman–Crippen LogP) is 6.57. The second-order valence-electron chi connectivity index (χ2n) is 5.67. The number of alkyl halides is 3. The van der Waals surface area contributed by atoms with E-state index < -0.39 is 12.8 Å². The lowest BCUT2D eigenvalue weighted by atomic mass is 10.1. The van der Waals surface area contributed by atoms with Gasteiger partial charge in [0.05, 0.1) is 5.69 Å². The number of rotatable bonds is 5. The Morgan fingerprint density at radius 2 is 1.62 bits per heavy atom. The number of anilines is 3. The van der Waals surface area contributed by atoms with Gasteiger partial charge in [0, 0.05) is 26.3 Å². The highest BCUT2D eigenvalue weighted by molar-refractivity contribution is 9.10. The van der Waals surface area contributed by atoms with E-state index in [1.807, 2.05) is 24.3 Å². The van der Waals surface area contributed by atoms with Gasteiger partial charge >= 0.3 is 6.18 Å². The van der Waals surface area contributed by atoms with E-state index in [0.29, 0.717) is 21.5 Å². The summed E-state index contributed by atoms with van der Waals surface area (Å²) in [7, 11) is 0. The van der Waals surface area contributed by atoms with Crippen molar-refractivity contribution in [3.8, 4) is 17.0 Å². The molecule has 0 amide bonds.